The number of H-pyrrole nitrogens is 1. The summed E-state index contributed by atoms with van der Waals surface area (Å²) >= 11 is 5.38. The zero-order valence-electron chi connectivity index (χ0n) is 16.8. The van der Waals surface area contributed by atoms with Gasteiger partial charge in [0.15, 0.2) is 10.6 Å². The maximum Gasteiger partial charge on any atom is 0.242 e. The first-order chi connectivity index (χ1) is 14.5. The molecule has 8 heteroatoms. The van der Waals surface area contributed by atoms with Crippen LogP contribution < -0.4 is 4.90 Å². The van der Waals surface area contributed by atoms with Gasteiger partial charge in [-0.15, -0.1) is 0 Å². The van der Waals surface area contributed by atoms with Gasteiger partial charge in [-0.3, -0.25) is 14.5 Å². The highest BCUT2D eigenvalue weighted by Crippen LogP contribution is 2.20. The quantitative estimate of drug-likeness (QED) is 0.646. The number of aromatic amines is 1. The second kappa shape index (κ2) is 8.79. The van der Waals surface area contributed by atoms with Crippen molar-refractivity contribution >= 4 is 23.8 Å². The van der Waals surface area contributed by atoms with Crippen molar-refractivity contribution < 1.29 is 9.18 Å². The van der Waals surface area contributed by atoms with Gasteiger partial charge in [-0.25, -0.2) is 4.39 Å². The standard InChI is InChI=1S/C22H24FN5OS/c1-16-4-2-5-17(14-16)21-24-25-22(30)28(21)15-20(29)27-11-3-10-26(12-13-27)19-8-6-18(23)7-9-19/h2,4-9,14H,3,10-13,15H2,1H3,(H,25,30). The van der Waals surface area contributed by atoms with Crippen molar-refractivity contribution in [1.82, 2.24) is 19.7 Å². The Morgan fingerprint density at radius 1 is 1.13 bits per heavy atom. The first-order valence-corrected chi connectivity index (χ1v) is 10.4. The van der Waals surface area contributed by atoms with Gasteiger partial charge in [-0.2, -0.15) is 5.10 Å². The molecule has 156 valence electrons. The van der Waals surface area contributed by atoms with Crippen LogP contribution in [0.15, 0.2) is 48.5 Å². The van der Waals surface area contributed by atoms with E-state index >= 15 is 0 Å². The molecule has 0 spiro atoms. The van der Waals surface area contributed by atoms with Crippen molar-refractivity contribution in [2.24, 2.45) is 0 Å². The first kappa shape index (κ1) is 20.3. The number of aryl methyl sites for hydroxylation is 1. The van der Waals surface area contributed by atoms with Crippen LogP contribution in [0.3, 0.4) is 0 Å². The molecule has 1 N–H and O–H groups in total. The van der Waals surface area contributed by atoms with Crippen LogP contribution in [-0.4, -0.2) is 51.8 Å². The number of carbonyl (C=O) groups excluding carboxylic acids is 1. The van der Waals surface area contributed by atoms with Crippen LogP contribution in [0.4, 0.5) is 10.1 Å². The zero-order chi connectivity index (χ0) is 21.1. The van der Waals surface area contributed by atoms with Crippen LogP contribution in [-0.2, 0) is 11.3 Å². The molecule has 1 fully saturated rings. The van der Waals surface area contributed by atoms with Gasteiger partial charge in [0.1, 0.15) is 12.4 Å². The van der Waals surface area contributed by atoms with E-state index < -0.39 is 0 Å². The van der Waals surface area contributed by atoms with Gasteiger partial charge in [-0.1, -0.05) is 23.8 Å². The Hall–Kier alpha value is -3.00. The summed E-state index contributed by atoms with van der Waals surface area (Å²) in [5.41, 5.74) is 3.02. The molecular weight excluding hydrogens is 401 g/mol. The van der Waals surface area contributed by atoms with Crippen LogP contribution in [0, 0.1) is 17.5 Å². The van der Waals surface area contributed by atoms with Crippen LogP contribution in [0.25, 0.3) is 11.4 Å². The average Bonchev–Trinajstić information content (AvgIpc) is 2.94. The van der Waals surface area contributed by atoms with E-state index in [1.54, 1.807) is 16.7 Å². The number of nitrogens with one attached hydrogen (secondary N) is 1. The molecule has 0 aliphatic carbocycles. The van der Waals surface area contributed by atoms with E-state index in [9.17, 15) is 9.18 Å². The van der Waals surface area contributed by atoms with Crippen LogP contribution in [0.5, 0.6) is 0 Å². The number of anilines is 1. The molecule has 6 nitrogen and oxygen atoms in total. The molecular formula is C22H24FN5OS. The second-order valence-electron chi connectivity index (χ2n) is 7.51. The molecule has 1 aromatic heterocycles. The van der Waals surface area contributed by atoms with Crippen LogP contribution in [0.2, 0.25) is 0 Å². The lowest BCUT2D eigenvalue weighted by molar-refractivity contribution is -0.131. The lowest BCUT2D eigenvalue weighted by Gasteiger charge is -2.24. The molecule has 1 aliphatic rings. The first-order valence-electron chi connectivity index (χ1n) is 10.0. The topological polar surface area (TPSA) is 57.2 Å². The van der Waals surface area contributed by atoms with E-state index in [0.29, 0.717) is 30.2 Å². The normalized spacial score (nSPS) is 14.6. The van der Waals surface area contributed by atoms with Gasteiger partial charge in [0.05, 0.1) is 0 Å². The van der Waals surface area contributed by atoms with Crippen molar-refractivity contribution in [3.8, 4) is 11.4 Å². The van der Waals surface area contributed by atoms with Gasteiger partial charge in [0.25, 0.3) is 0 Å². The second-order valence-corrected chi connectivity index (χ2v) is 7.89. The molecule has 30 heavy (non-hydrogen) atoms. The van der Waals surface area contributed by atoms with Gasteiger partial charge < -0.3 is 9.80 Å². The fourth-order valence-electron chi connectivity index (χ4n) is 3.78. The minimum absolute atomic E-state index is 0.0161. The summed E-state index contributed by atoms with van der Waals surface area (Å²) in [5, 5.41) is 7.15. The molecule has 3 aromatic rings. The number of hydrogen-bond acceptors (Lipinski definition) is 4. The number of halogens is 1. The molecule has 0 bridgehead atoms. The summed E-state index contributed by atoms with van der Waals surface area (Å²) in [6, 6.07) is 14.5. The summed E-state index contributed by atoms with van der Waals surface area (Å²) in [4.78, 5) is 17.1. The number of carbonyl (C=O) groups is 1. The Morgan fingerprint density at radius 2 is 1.93 bits per heavy atom. The third-order valence-corrected chi connectivity index (χ3v) is 5.68. The fourth-order valence-corrected chi connectivity index (χ4v) is 3.98. The Labute approximate surface area is 179 Å². The number of rotatable bonds is 4. The largest absolute Gasteiger partial charge is 0.370 e. The molecule has 1 aliphatic heterocycles. The summed E-state index contributed by atoms with van der Waals surface area (Å²) < 4.78 is 15.4. The minimum Gasteiger partial charge on any atom is -0.370 e. The van der Waals surface area contributed by atoms with Gasteiger partial charge in [0, 0.05) is 37.4 Å². The van der Waals surface area contributed by atoms with E-state index in [0.717, 1.165) is 29.8 Å². The lowest BCUT2D eigenvalue weighted by Crippen LogP contribution is -2.37. The summed E-state index contributed by atoms with van der Waals surface area (Å²) in [6.07, 6.45) is 0.852. The van der Waals surface area contributed by atoms with Crippen molar-refractivity contribution in [1.29, 1.82) is 0 Å². The number of hydrogen-bond donors (Lipinski definition) is 1. The monoisotopic (exact) mass is 425 g/mol. The Bertz CT molecular complexity index is 1090. The zero-order valence-corrected chi connectivity index (χ0v) is 17.7. The maximum absolute atomic E-state index is 13.2. The van der Waals surface area contributed by atoms with Crippen molar-refractivity contribution in [3.05, 3.63) is 64.7 Å². The molecule has 4 rings (SSSR count). The van der Waals surface area contributed by atoms with Crippen LogP contribution in [0.1, 0.15) is 12.0 Å². The maximum atomic E-state index is 13.2. The summed E-state index contributed by atoms with van der Waals surface area (Å²) in [6.45, 7) is 5.00. The predicted molar refractivity (Wildman–Crippen MR) is 117 cm³/mol. The number of amides is 1. The van der Waals surface area contributed by atoms with E-state index in [2.05, 4.69) is 15.1 Å². The third-order valence-electron chi connectivity index (χ3n) is 5.37. The van der Waals surface area contributed by atoms with Crippen LogP contribution >= 0.6 is 12.2 Å². The van der Waals surface area contributed by atoms with Gasteiger partial charge >= 0.3 is 0 Å². The number of nitrogens with zero attached hydrogens (tertiary/aromatic N) is 4. The highest BCUT2D eigenvalue weighted by atomic mass is 32.1. The molecule has 1 amide bonds. The summed E-state index contributed by atoms with van der Waals surface area (Å²) in [7, 11) is 0. The molecule has 1 saturated heterocycles. The molecule has 0 radical (unpaired) electrons. The van der Waals surface area contributed by atoms with E-state index in [-0.39, 0.29) is 18.3 Å². The molecule has 0 atom stereocenters. The smallest absolute Gasteiger partial charge is 0.242 e. The lowest BCUT2D eigenvalue weighted by atomic mass is 10.1. The van der Waals surface area contributed by atoms with E-state index in [4.69, 9.17) is 12.2 Å². The van der Waals surface area contributed by atoms with Gasteiger partial charge in [0.2, 0.25) is 5.91 Å². The fraction of sp³-hybridized carbons (Fsp3) is 0.318. The van der Waals surface area contributed by atoms with Gasteiger partial charge in [-0.05, 0) is 55.9 Å². The molecule has 2 heterocycles. The van der Waals surface area contributed by atoms with E-state index in [1.165, 1.54) is 12.1 Å². The van der Waals surface area contributed by atoms with E-state index in [1.807, 2.05) is 36.1 Å². The predicted octanol–water partition coefficient (Wildman–Crippen LogP) is 3.79. The SMILES string of the molecule is Cc1cccc(-c2n[nH]c(=S)n2CC(=O)N2CCCN(c3ccc(F)cc3)CC2)c1. The molecule has 0 saturated carbocycles. The highest BCUT2D eigenvalue weighted by Gasteiger charge is 2.21. The Balaban J connectivity index is 1.47. The van der Waals surface area contributed by atoms with Crippen molar-refractivity contribution in [2.45, 2.75) is 19.9 Å². The highest BCUT2D eigenvalue weighted by molar-refractivity contribution is 7.71. The van der Waals surface area contributed by atoms with Crippen molar-refractivity contribution in [2.75, 3.05) is 31.1 Å². The Morgan fingerprint density at radius 3 is 2.70 bits per heavy atom. The Kier molecular flexibility index (Phi) is 5.94. The minimum atomic E-state index is -0.244. The summed E-state index contributed by atoms with van der Waals surface area (Å²) in [5.74, 6) is 0.439. The molecule has 0 unspecified atom stereocenters. The van der Waals surface area contributed by atoms with Crippen molar-refractivity contribution in [3.63, 3.8) is 0 Å². The number of benzene rings is 2. The third kappa shape index (κ3) is 4.43. The molecule has 2 aromatic carbocycles. The number of aromatic nitrogens is 3. The average molecular weight is 426 g/mol.